The third kappa shape index (κ3) is 4.98. The van der Waals surface area contributed by atoms with Gasteiger partial charge in [-0.25, -0.2) is 0 Å². The summed E-state index contributed by atoms with van der Waals surface area (Å²) in [7, 11) is 0. The van der Waals surface area contributed by atoms with Gasteiger partial charge in [0.25, 0.3) is 0 Å². The van der Waals surface area contributed by atoms with Crippen LogP contribution in [-0.2, 0) is 30.2 Å². The number of esters is 1. The molecule has 38 heavy (non-hydrogen) atoms. The molecule has 3 aliphatic heterocycles. The number of para-hydroxylation sites is 1. The average molecular weight is 531 g/mol. The van der Waals surface area contributed by atoms with Gasteiger partial charge in [-0.3, -0.25) is 4.79 Å². The maximum atomic E-state index is 11.9. The van der Waals surface area contributed by atoms with Gasteiger partial charge >= 0.3 is 5.97 Å². The Hall–Kier alpha value is -2.77. The number of carbonyl (C=O) groups excluding carboxylic acids is 1. The average Bonchev–Trinajstić information content (AvgIpc) is 3.30. The summed E-state index contributed by atoms with van der Waals surface area (Å²) in [5, 5.41) is 45.0. The van der Waals surface area contributed by atoms with Gasteiger partial charge in [0, 0.05) is 41.4 Å². The summed E-state index contributed by atoms with van der Waals surface area (Å²) in [6.45, 7) is 5.46. The van der Waals surface area contributed by atoms with Gasteiger partial charge in [-0.2, -0.15) is 0 Å². The van der Waals surface area contributed by atoms with Gasteiger partial charge in [0.1, 0.15) is 36.4 Å². The van der Waals surface area contributed by atoms with E-state index in [1.165, 1.54) is 24.1 Å². The molecule has 9 atom stereocenters. The number of hydrogen-bond donors (Lipinski definition) is 6. The summed E-state index contributed by atoms with van der Waals surface area (Å²) in [5.41, 5.74) is 3.37. The number of carbonyl (C=O) groups is 1. The molecule has 0 amide bonds. The number of fused-ring (bicyclic) bond motifs is 3. The summed E-state index contributed by atoms with van der Waals surface area (Å²) in [6.07, 6.45) is -3.90. The number of benzene rings is 1. The zero-order valence-electron chi connectivity index (χ0n) is 21.0. The Labute approximate surface area is 219 Å². The van der Waals surface area contributed by atoms with Gasteiger partial charge in [0.15, 0.2) is 6.29 Å². The summed E-state index contributed by atoms with van der Waals surface area (Å²) in [5.74, 6) is -1.13. The minimum Gasteiger partial charge on any atom is -0.468 e. The van der Waals surface area contributed by atoms with E-state index in [0.717, 1.165) is 24.2 Å². The first kappa shape index (κ1) is 26.8. The molecule has 11 heteroatoms. The molecule has 0 unspecified atom stereocenters. The van der Waals surface area contributed by atoms with Crippen molar-refractivity contribution in [2.75, 3.05) is 13.2 Å². The molecule has 0 aliphatic carbocycles. The minimum atomic E-state index is -1.59. The predicted octanol–water partition coefficient (Wildman–Crippen LogP) is 0.741. The van der Waals surface area contributed by atoms with Crippen molar-refractivity contribution < 1.29 is 44.2 Å². The first-order valence-corrected chi connectivity index (χ1v) is 12.8. The topological polar surface area (TPSA) is 163 Å². The first-order chi connectivity index (χ1) is 18.3. The molecule has 0 bridgehead atoms. The van der Waals surface area contributed by atoms with Crippen molar-refractivity contribution in [1.29, 1.82) is 0 Å². The van der Waals surface area contributed by atoms with Crippen LogP contribution in [0.4, 0.5) is 0 Å². The van der Waals surface area contributed by atoms with Crippen molar-refractivity contribution in [3.05, 3.63) is 60.2 Å². The molecule has 1 aromatic carbocycles. The Morgan fingerprint density at radius 1 is 1.18 bits per heavy atom. The number of aliphatic hydroxyl groups is 4. The third-order valence-electron chi connectivity index (χ3n) is 7.56. The smallest absolute Gasteiger partial charge is 0.307 e. The van der Waals surface area contributed by atoms with E-state index in [-0.39, 0.29) is 6.04 Å². The van der Waals surface area contributed by atoms with E-state index in [1.54, 1.807) is 6.08 Å². The van der Waals surface area contributed by atoms with E-state index in [1.807, 2.05) is 18.2 Å². The molecular formula is C27H34N2O9. The highest BCUT2D eigenvalue weighted by Crippen LogP contribution is 2.42. The minimum absolute atomic E-state index is 0.0939. The third-order valence-corrected chi connectivity index (χ3v) is 7.56. The van der Waals surface area contributed by atoms with Gasteiger partial charge in [0.2, 0.25) is 6.29 Å². The number of allylic oxidation sites excluding steroid dienone is 1. The zero-order valence-corrected chi connectivity index (χ0v) is 21.0. The quantitative estimate of drug-likeness (QED) is 0.222. The highest BCUT2D eigenvalue weighted by atomic mass is 16.8. The largest absolute Gasteiger partial charge is 0.468 e. The molecule has 2 aromatic rings. The van der Waals surface area contributed by atoms with E-state index >= 15 is 0 Å². The zero-order chi connectivity index (χ0) is 27.0. The lowest BCUT2D eigenvalue weighted by molar-refractivity contribution is -0.340. The molecule has 0 radical (unpaired) electrons. The number of rotatable bonds is 7. The van der Waals surface area contributed by atoms with E-state index in [9.17, 15) is 25.2 Å². The molecule has 4 heterocycles. The van der Waals surface area contributed by atoms with Gasteiger partial charge < -0.3 is 49.7 Å². The molecule has 6 N–H and O–H groups in total. The predicted molar refractivity (Wildman–Crippen MR) is 134 cm³/mol. The normalized spacial score (nSPS) is 35.2. The van der Waals surface area contributed by atoms with Crippen molar-refractivity contribution in [3.63, 3.8) is 0 Å². The van der Waals surface area contributed by atoms with Crippen LogP contribution >= 0.6 is 0 Å². The van der Waals surface area contributed by atoms with Crippen LogP contribution in [0.2, 0.25) is 0 Å². The highest BCUT2D eigenvalue weighted by Gasteiger charge is 2.47. The standard InChI is InChI=1S/C27H34N2O9/c1-3-14-17(10-19-22-16(8-9-28-19)15-6-4-5-7-18(15)29-22)21(36-13(2)31)12-35-26(14)38-27-25(34)24(33)23(32)20(11-30)37-27/h3-7,12,14,17,19-20,23-30,32-34H,1,8-11H2,2H3/t14-,17-,19-,20+,23+,24-,25+,26+,27-/m0/s1. The van der Waals surface area contributed by atoms with E-state index < -0.39 is 61.4 Å². The second-order valence-electron chi connectivity index (χ2n) is 9.93. The van der Waals surface area contributed by atoms with Gasteiger partial charge in [-0.05, 0) is 31.0 Å². The molecule has 0 saturated carbocycles. The molecule has 11 nitrogen and oxygen atoms in total. The number of aromatic amines is 1. The maximum absolute atomic E-state index is 11.9. The van der Waals surface area contributed by atoms with Crippen LogP contribution < -0.4 is 5.32 Å². The fraction of sp³-hybridized carbons (Fsp3) is 0.519. The lowest BCUT2D eigenvalue weighted by atomic mass is 9.81. The lowest BCUT2D eigenvalue weighted by Crippen LogP contribution is -2.60. The van der Waals surface area contributed by atoms with E-state index in [2.05, 4.69) is 22.9 Å². The number of ether oxygens (including phenoxy) is 4. The summed E-state index contributed by atoms with van der Waals surface area (Å²) < 4.78 is 22.7. The molecular weight excluding hydrogens is 496 g/mol. The Morgan fingerprint density at radius 2 is 1.97 bits per heavy atom. The highest BCUT2D eigenvalue weighted by molar-refractivity contribution is 5.85. The van der Waals surface area contributed by atoms with Crippen molar-refractivity contribution in [2.24, 2.45) is 11.8 Å². The van der Waals surface area contributed by atoms with Gasteiger partial charge in [0.05, 0.1) is 6.61 Å². The van der Waals surface area contributed by atoms with E-state index in [4.69, 9.17) is 18.9 Å². The first-order valence-electron chi connectivity index (χ1n) is 12.8. The molecule has 1 aromatic heterocycles. The van der Waals surface area contributed by atoms with Crippen LogP contribution in [0.25, 0.3) is 10.9 Å². The number of H-pyrrole nitrogens is 1. The number of aromatic nitrogens is 1. The SMILES string of the molecule is C=C[C@@H]1[C@@H](O[C@@H]2O[C@H](CO)[C@@H](O)[C@H](O)[C@H]2O)OC=C(OC(C)=O)[C@H]1C[C@@H]1NCCc2c1[nH]c1ccccc21. The number of aliphatic hydroxyl groups excluding tert-OH is 4. The van der Waals surface area contributed by atoms with Crippen molar-refractivity contribution >= 4 is 16.9 Å². The van der Waals surface area contributed by atoms with E-state index in [0.29, 0.717) is 12.2 Å². The van der Waals surface area contributed by atoms with Crippen LogP contribution in [0, 0.1) is 11.8 Å². The van der Waals surface area contributed by atoms with Crippen LogP contribution in [0.5, 0.6) is 0 Å². The van der Waals surface area contributed by atoms with Crippen LogP contribution in [0.1, 0.15) is 30.6 Å². The van der Waals surface area contributed by atoms with Crippen molar-refractivity contribution in [2.45, 2.75) is 62.8 Å². The number of hydrogen-bond acceptors (Lipinski definition) is 10. The number of nitrogens with one attached hydrogen (secondary N) is 2. The Kier molecular flexibility index (Phi) is 7.87. The second-order valence-corrected chi connectivity index (χ2v) is 9.93. The molecule has 1 fully saturated rings. The second kappa shape index (κ2) is 11.1. The molecule has 206 valence electrons. The summed E-state index contributed by atoms with van der Waals surface area (Å²) in [6, 6.07) is 8.05. The fourth-order valence-electron chi connectivity index (χ4n) is 5.66. The molecule has 3 aliphatic rings. The molecule has 0 spiro atoms. The Morgan fingerprint density at radius 3 is 2.71 bits per heavy atom. The Balaban J connectivity index is 1.41. The Bertz CT molecular complexity index is 1190. The van der Waals surface area contributed by atoms with Crippen molar-refractivity contribution in [1.82, 2.24) is 10.3 Å². The lowest BCUT2D eigenvalue weighted by Gasteiger charge is -2.43. The van der Waals surface area contributed by atoms with Gasteiger partial charge in [-0.1, -0.05) is 24.3 Å². The van der Waals surface area contributed by atoms with Crippen LogP contribution in [0.15, 0.2) is 48.9 Å². The van der Waals surface area contributed by atoms with Crippen LogP contribution in [-0.4, -0.2) is 81.5 Å². The fourth-order valence-corrected chi connectivity index (χ4v) is 5.66. The summed E-state index contributed by atoms with van der Waals surface area (Å²) >= 11 is 0. The monoisotopic (exact) mass is 530 g/mol. The van der Waals surface area contributed by atoms with Gasteiger partial charge in [-0.15, -0.1) is 6.58 Å². The van der Waals surface area contributed by atoms with Crippen molar-refractivity contribution in [3.8, 4) is 0 Å². The maximum Gasteiger partial charge on any atom is 0.307 e. The summed E-state index contributed by atoms with van der Waals surface area (Å²) in [4.78, 5) is 15.5. The molecule has 5 rings (SSSR count). The van der Waals surface area contributed by atoms with Crippen LogP contribution in [0.3, 0.4) is 0 Å². The molecule has 1 saturated heterocycles.